The molecule has 0 aliphatic heterocycles. The largest absolute Gasteiger partial charge is 0.477 e. The third-order valence-electron chi connectivity index (χ3n) is 2.29. The second kappa shape index (κ2) is 6.25. The predicted molar refractivity (Wildman–Crippen MR) is 59.2 cm³/mol. The van der Waals surface area contributed by atoms with E-state index in [0.29, 0.717) is 5.69 Å². The van der Waals surface area contributed by atoms with Crippen molar-refractivity contribution in [3.8, 4) is 0 Å². The average Bonchev–Trinajstić information content (AvgIpc) is 2.25. The van der Waals surface area contributed by atoms with Gasteiger partial charge in [-0.05, 0) is 6.92 Å². The minimum Gasteiger partial charge on any atom is -0.477 e. The minimum atomic E-state index is -2.53. The van der Waals surface area contributed by atoms with Crippen LogP contribution >= 0.6 is 0 Å². The van der Waals surface area contributed by atoms with Gasteiger partial charge in [-0.25, -0.2) is 13.6 Å². The second-order valence-corrected chi connectivity index (χ2v) is 3.66. The van der Waals surface area contributed by atoms with Gasteiger partial charge in [0.2, 0.25) is 0 Å². The Kier molecular flexibility index (Phi) is 4.96. The first-order chi connectivity index (χ1) is 8.41. The number of aromatic nitrogens is 1. The molecule has 0 unspecified atom stereocenters. The summed E-state index contributed by atoms with van der Waals surface area (Å²) in [6, 6.07) is 1.19. The molecular weight excluding hydrogens is 248 g/mol. The van der Waals surface area contributed by atoms with E-state index in [-0.39, 0.29) is 18.7 Å². The fraction of sp³-hybridized carbons (Fsp3) is 0.455. The molecule has 7 heteroatoms. The molecule has 1 aromatic rings. The van der Waals surface area contributed by atoms with Crippen LogP contribution in [0.1, 0.15) is 16.1 Å². The first-order valence-electron chi connectivity index (χ1n) is 5.22. The molecule has 0 saturated carbocycles. The Hall–Kier alpha value is -1.76. The Morgan fingerprint density at radius 1 is 1.56 bits per heavy atom. The van der Waals surface area contributed by atoms with E-state index < -0.39 is 24.4 Å². The number of alkyl halides is 2. The van der Waals surface area contributed by atoms with Gasteiger partial charge in [-0.2, -0.15) is 0 Å². The maximum Gasteiger partial charge on any atom is 0.341 e. The van der Waals surface area contributed by atoms with E-state index in [1.807, 2.05) is 0 Å². The van der Waals surface area contributed by atoms with Gasteiger partial charge >= 0.3 is 5.97 Å². The molecule has 0 spiro atoms. The summed E-state index contributed by atoms with van der Waals surface area (Å²) in [5.41, 5.74) is -0.384. The molecular formula is C11H13F2NO4. The highest BCUT2D eigenvalue weighted by Crippen LogP contribution is 2.00. The average molecular weight is 261 g/mol. The minimum absolute atomic E-state index is 0.0209. The van der Waals surface area contributed by atoms with Crippen LogP contribution in [-0.2, 0) is 11.3 Å². The molecule has 0 aliphatic carbocycles. The molecule has 18 heavy (non-hydrogen) atoms. The number of rotatable bonds is 6. The molecule has 100 valence electrons. The quantitative estimate of drug-likeness (QED) is 0.779. The summed E-state index contributed by atoms with van der Waals surface area (Å²) in [7, 11) is 0. The third-order valence-corrected chi connectivity index (χ3v) is 2.29. The summed E-state index contributed by atoms with van der Waals surface area (Å²) in [5, 5.41) is 8.78. The summed E-state index contributed by atoms with van der Waals surface area (Å²) < 4.78 is 29.8. The highest BCUT2D eigenvalue weighted by Gasteiger charge is 2.10. The van der Waals surface area contributed by atoms with Gasteiger partial charge in [0.15, 0.2) is 5.43 Å². The molecule has 0 atom stereocenters. The monoisotopic (exact) mass is 261 g/mol. The second-order valence-electron chi connectivity index (χ2n) is 3.66. The SMILES string of the molecule is Cc1cc(=O)c(C(=O)O)cn1CCOCC(F)F. The van der Waals surface area contributed by atoms with Crippen molar-refractivity contribution >= 4 is 5.97 Å². The topological polar surface area (TPSA) is 68.5 Å². The number of ether oxygens (including phenoxy) is 1. The number of hydrogen-bond acceptors (Lipinski definition) is 3. The van der Waals surface area contributed by atoms with E-state index >= 15 is 0 Å². The van der Waals surface area contributed by atoms with Gasteiger partial charge in [0, 0.05) is 24.5 Å². The number of nitrogens with zero attached hydrogens (tertiary/aromatic N) is 1. The summed E-state index contributed by atoms with van der Waals surface area (Å²) in [4.78, 5) is 22.1. The van der Waals surface area contributed by atoms with Gasteiger partial charge in [0.05, 0.1) is 6.61 Å². The smallest absolute Gasteiger partial charge is 0.341 e. The van der Waals surface area contributed by atoms with Crippen molar-refractivity contribution in [2.75, 3.05) is 13.2 Å². The number of carboxylic acids is 1. The fourth-order valence-corrected chi connectivity index (χ4v) is 1.41. The van der Waals surface area contributed by atoms with Crippen molar-refractivity contribution in [2.45, 2.75) is 19.9 Å². The van der Waals surface area contributed by atoms with Crippen LogP contribution in [0, 0.1) is 6.92 Å². The summed E-state index contributed by atoms with van der Waals surface area (Å²) in [6.07, 6.45) is -1.35. The summed E-state index contributed by atoms with van der Waals surface area (Å²) in [5.74, 6) is -1.32. The van der Waals surface area contributed by atoms with Crippen LogP contribution in [0.2, 0.25) is 0 Å². The van der Waals surface area contributed by atoms with Crippen molar-refractivity contribution in [2.24, 2.45) is 0 Å². The first kappa shape index (κ1) is 14.3. The molecule has 0 aliphatic rings. The lowest BCUT2D eigenvalue weighted by Gasteiger charge is -2.11. The zero-order valence-electron chi connectivity index (χ0n) is 9.73. The fourth-order valence-electron chi connectivity index (χ4n) is 1.41. The van der Waals surface area contributed by atoms with Crippen molar-refractivity contribution in [3.63, 3.8) is 0 Å². The molecule has 1 N–H and O–H groups in total. The molecule has 1 rings (SSSR count). The van der Waals surface area contributed by atoms with E-state index in [1.165, 1.54) is 16.8 Å². The normalized spacial score (nSPS) is 10.9. The molecule has 0 saturated heterocycles. The van der Waals surface area contributed by atoms with Crippen molar-refractivity contribution < 1.29 is 23.4 Å². The van der Waals surface area contributed by atoms with E-state index in [4.69, 9.17) is 5.11 Å². The standard InChI is InChI=1S/C11H13F2NO4/c1-7-4-9(15)8(11(16)17)5-14(7)2-3-18-6-10(12)13/h4-5,10H,2-3,6H2,1H3,(H,16,17). The van der Waals surface area contributed by atoms with Gasteiger partial charge in [0.1, 0.15) is 12.2 Å². The first-order valence-corrected chi connectivity index (χ1v) is 5.22. The van der Waals surface area contributed by atoms with Gasteiger partial charge in [0.25, 0.3) is 6.43 Å². The van der Waals surface area contributed by atoms with Crippen molar-refractivity contribution in [3.05, 3.63) is 33.7 Å². The number of carbonyl (C=O) groups is 1. The molecule has 0 fully saturated rings. The van der Waals surface area contributed by atoms with Gasteiger partial charge in [-0.1, -0.05) is 0 Å². The van der Waals surface area contributed by atoms with Crippen molar-refractivity contribution in [1.82, 2.24) is 4.57 Å². The highest BCUT2D eigenvalue weighted by molar-refractivity contribution is 5.87. The van der Waals surface area contributed by atoms with Crippen LogP contribution in [0.25, 0.3) is 0 Å². The van der Waals surface area contributed by atoms with Crippen LogP contribution in [0.4, 0.5) is 8.78 Å². The Morgan fingerprint density at radius 3 is 2.78 bits per heavy atom. The van der Waals surface area contributed by atoms with Crippen LogP contribution in [0.5, 0.6) is 0 Å². The lowest BCUT2D eigenvalue weighted by molar-refractivity contribution is 0.0146. The Bertz CT molecular complexity index is 484. The molecule has 5 nitrogen and oxygen atoms in total. The molecule has 1 heterocycles. The van der Waals surface area contributed by atoms with E-state index in [9.17, 15) is 18.4 Å². The molecule has 0 aromatic carbocycles. The van der Waals surface area contributed by atoms with Crippen molar-refractivity contribution in [1.29, 1.82) is 0 Å². The molecule has 0 radical (unpaired) electrons. The zero-order valence-corrected chi connectivity index (χ0v) is 9.73. The Balaban J connectivity index is 2.74. The van der Waals surface area contributed by atoms with Crippen LogP contribution in [0.3, 0.4) is 0 Å². The number of pyridine rings is 1. The Morgan fingerprint density at radius 2 is 2.22 bits per heavy atom. The van der Waals surface area contributed by atoms with Gasteiger partial charge < -0.3 is 14.4 Å². The summed E-state index contributed by atoms with van der Waals surface area (Å²) >= 11 is 0. The highest BCUT2D eigenvalue weighted by atomic mass is 19.3. The maximum absolute atomic E-state index is 11.8. The summed E-state index contributed by atoms with van der Waals surface area (Å²) in [6.45, 7) is 1.19. The lowest BCUT2D eigenvalue weighted by atomic mass is 10.2. The number of hydrogen-bond donors (Lipinski definition) is 1. The van der Waals surface area contributed by atoms with E-state index in [1.54, 1.807) is 6.92 Å². The van der Waals surface area contributed by atoms with Crippen LogP contribution in [0.15, 0.2) is 17.1 Å². The zero-order chi connectivity index (χ0) is 13.7. The Labute approximate surface area is 102 Å². The number of halogens is 2. The number of carboxylic acid groups (broad SMARTS) is 1. The third kappa shape index (κ3) is 3.92. The van der Waals surface area contributed by atoms with Crippen LogP contribution in [-0.4, -0.2) is 35.3 Å². The van der Waals surface area contributed by atoms with Crippen LogP contribution < -0.4 is 5.43 Å². The number of aryl methyl sites for hydroxylation is 1. The van der Waals surface area contributed by atoms with E-state index in [2.05, 4.69) is 4.74 Å². The molecule has 0 amide bonds. The van der Waals surface area contributed by atoms with E-state index in [0.717, 1.165) is 0 Å². The van der Waals surface area contributed by atoms with Gasteiger partial charge in [-0.3, -0.25) is 4.79 Å². The lowest BCUT2D eigenvalue weighted by Crippen LogP contribution is -2.20. The predicted octanol–water partition coefficient (Wildman–Crippen LogP) is 1.14. The molecule has 1 aromatic heterocycles. The maximum atomic E-state index is 11.8. The van der Waals surface area contributed by atoms with Gasteiger partial charge in [-0.15, -0.1) is 0 Å². The molecule has 0 bridgehead atoms. The number of aromatic carboxylic acids is 1.